The van der Waals surface area contributed by atoms with Crippen molar-refractivity contribution < 1.29 is 9.18 Å². The number of alkyl halides is 1. The summed E-state index contributed by atoms with van der Waals surface area (Å²) in [6, 6.07) is -0.461. The molecule has 2 atom stereocenters. The number of hydrogen-bond acceptors (Lipinski definition) is 2. The molecule has 0 aromatic carbocycles. The van der Waals surface area contributed by atoms with Gasteiger partial charge in [-0.05, 0) is 5.92 Å². The number of likely N-dealkylation sites (tertiary alicyclic amines) is 1. The summed E-state index contributed by atoms with van der Waals surface area (Å²) < 4.78 is 12.4. The highest BCUT2D eigenvalue weighted by molar-refractivity contribution is 5.85. The molecule has 2 N–H and O–H groups in total. The maximum atomic E-state index is 12.4. The van der Waals surface area contributed by atoms with Crippen molar-refractivity contribution in [1.29, 1.82) is 0 Å². The van der Waals surface area contributed by atoms with Gasteiger partial charge in [0.05, 0.1) is 19.1 Å². The molecule has 0 bridgehead atoms. The Labute approximate surface area is 90.2 Å². The van der Waals surface area contributed by atoms with E-state index in [9.17, 15) is 9.18 Å². The van der Waals surface area contributed by atoms with E-state index in [1.54, 1.807) is 0 Å². The Bertz CT molecular complexity index is 197. The topological polar surface area (TPSA) is 46.3 Å². The molecule has 1 fully saturated rings. The van der Waals surface area contributed by atoms with Crippen LogP contribution in [0.2, 0.25) is 0 Å². The van der Waals surface area contributed by atoms with Gasteiger partial charge in [-0.2, -0.15) is 0 Å². The first-order valence-corrected chi connectivity index (χ1v) is 4.74. The van der Waals surface area contributed by atoms with Crippen LogP contribution in [0.5, 0.6) is 0 Å². The van der Waals surface area contributed by atoms with Crippen LogP contribution in [0.25, 0.3) is 0 Å². The zero-order valence-corrected chi connectivity index (χ0v) is 9.39. The molecular formula is C9H18ClFN2O. The van der Waals surface area contributed by atoms with Gasteiger partial charge < -0.3 is 10.6 Å². The number of carbonyl (C=O) groups is 1. The molecule has 14 heavy (non-hydrogen) atoms. The molecule has 0 saturated carbocycles. The van der Waals surface area contributed by atoms with E-state index in [1.165, 1.54) is 4.90 Å². The number of amides is 1. The minimum absolute atomic E-state index is 0. The second-order valence-electron chi connectivity index (χ2n) is 3.75. The lowest BCUT2D eigenvalue weighted by atomic mass is 9.97. The van der Waals surface area contributed by atoms with Gasteiger partial charge in [-0.25, -0.2) is 4.39 Å². The SMILES string of the molecule is CC[C@H](C)[C@H](N)C(=O)N1CC(F)C1.Cl. The molecule has 0 aromatic heterocycles. The van der Waals surface area contributed by atoms with Crippen molar-refractivity contribution in [2.75, 3.05) is 13.1 Å². The van der Waals surface area contributed by atoms with E-state index in [-0.39, 0.29) is 37.3 Å². The van der Waals surface area contributed by atoms with Gasteiger partial charge in [-0.3, -0.25) is 4.79 Å². The molecule has 0 spiro atoms. The fraction of sp³-hybridized carbons (Fsp3) is 0.889. The van der Waals surface area contributed by atoms with Gasteiger partial charge in [0.1, 0.15) is 6.17 Å². The second-order valence-corrected chi connectivity index (χ2v) is 3.75. The second kappa shape index (κ2) is 5.51. The zero-order valence-electron chi connectivity index (χ0n) is 8.57. The van der Waals surface area contributed by atoms with Gasteiger partial charge in [0.25, 0.3) is 0 Å². The summed E-state index contributed by atoms with van der Waals surface area (Å²) >= 11 is 0. The van der Waals surface area contributed by atoms with Gasteiger partial charge in [0, 0.05) is 0 Å². The fourth-order valence-corrected chi connectivity index (χ4v) is 1.31. The van der Waals surface area contributed by atoms with Crippen LogP contribution in [0.4, 0.5) is 4.39 Å². The summed E-state index contributed by atoms with van der Waals surface area (Å²) in [5.41, 5.74) is 5.71. The average Bonchev–Trinajstić information content (AvgIpc) is 2.09. The van der Waals surface area contributed by atoms with E-state index >= 15 is 0 Å². The molecule has 84 valence electrons. The summed E-state index contributed by atoms with van der Waals surface area (Å²) in [5.74, 6) is 0.0643. The molecule has 1 aliphatic rings. The number of carbonyl (C=O) groups excluding carboxylic acids is 1. The quantitative estimate of drug-likeness (QED) is 0.777. The molecule has 5 heteroatoms. The predicted molar refractivity (Wildman–Crippen MR) is 56.2 cm³/mol. The van der Waals surface area contributed by atoms with Crippen LogP contribution >= 0.6 is 12.4 Å². The van der Waals surface area contributed by atoms with Crippen LogP contribution in [0.1, 0.15) is 20.3 Å². The summed E-state index contributed by atoms with van der Waals surface area (Å²) in [5, 5.41) is 0. The third-order valence-electron chi connectivity index (χ3n) is 2.69. The third kappa shape index (κ3) is 2.82. The fourth-order valence-electron chi connectivity index (χ4n) is 1.31. The maximum Gasteiger partial charge on any atom is 0.239 e. The van der Waals surface area contributed by atoms with Crippen LogP contribution in [-0.4, -0.2) is 36.1 Å². The van der Waals surface area contributed by atoms with E-state index < -0.39 is 12.2 Å². The Balaban J connectivity index is 0.00000169. The Morgan fingerprint density at radius 1 is 1.64 bits per heavy atom. The molecule has 1 rings (SSSR count). The van der Waals surface area contributed by atoms with E-state index in [0.717, 1.165) is 6.42 Å². The zero-order chi connectivity index (χ0) is 10.0. The monoisotopic (exact) mass is 224 g/mol. The Morgan fingerprint density at radius 3 is 2.50 bits per heavy atom. The number of nitrogens with two attached hydrogens (primary N) is 1. The molecule has 1 saturated heterocycles. The van der Waals surface area contributed by atoms with Crippen LogP contribution in [0.3, 0.4) is 0 Å². The van der Waals surface area contributed by atoms with Crippen molar-refractivity contribution in [3.05, 3.63) is 0 Å². The van der Waals surface area contributed by atoms with Crippen LogP contribution in [0.15, 0.2) is 0 Å². The third-order valence-corrected chi connectivity index (χ3v) is 2.69. The lowest BCUT2D eigenvalue weighted by Gasteiger charge is -2.37. The normalized spacial score (nSPS) is 20.7. The number of rotatable bonds is 3. The molecule has 3 nitrogen and oxygen atoms in total. The maximum absolute atomic E-state index is 12.4. The molecular weight excluding hydrogens is 207 g/mol. The van der Waals surface area contributed by atoms with Crippen LogP contribution in [-0.2, 0) is 4.79 Å². The molecule has 1 aliphatic heterocycles. The summed E-state index contributed by atoms with van der Waals surface area (Å²) in [6.07, 6.45) is 0.0351. The van der Waals surface area contributed by atoms with Gasteiger partial charge in [0.15, 0.2) is 0 Å². The summed E-state index contributed by atoms with van der Waals surface area (Å²) in [7, 11) is 0. The lowest BCUT2D eigenvalue weighted by molar-refractivity contribution is -0.140. The van der Waals surface area contributed by atoms with Gasteiger partial charge >= 0.3 is 0 Å². The van der Waals surface area contributed by atoms with Crippen molar-refractivity contribution in [3.8, 4) is 0 Å². The molecule has 1 amide bonds. The van der Waals surface area contributed by atoms with Crippen LogP contribution < -0.4 is 5.73 Å². The highest BCUT2D eigenvalue weighted by atomic mass is 35.5. The van der Waals surface area contributed by atoms with Gasteiger partial charge in [-0.15, -0.1) is 12.4 Å². The number of halogens is 2. The molecule has 0 unspecified atom stereocenters. The molecule has 1 heterocycles. The molecule has 0 aromatic rings. The summed E-state index contributed by atoms with van der Waals surface area (Å²) in [6.45, 7) is 4.38. The van der Waals surface area contributed by atoms with Crippen molar-refractivity contribution in [2.24, 2.45) is 11.7 Å². The Kier molecular flexibility index (Phi) is 5.37. The van der Waals surface area contributed by atoms with Crippen molar-refractivity contribution in [3.63, 3.8) is 0 Å². The molecule has 0 radical (unpaired) electrons. The minimum Gasteiger partial charge on any atom is -0.335 e. The highest BCUT2D eigenvalue weighted by Gasteiger charge is 2.34. The van der Waals surface area contributed by atoms with E-state index in [4.69, 9.17) is 5.73 Å². The predicted octanol–water partition coefficient (Wildman–Crippen LogP) is 0.962. The van der Waals surface area contributed by atoms with Gasteiger partial charge in [0.2, 0.25) is 5.91 Å². The lowest BCUT2D eigenvalue weighted by Crippen LogP contribution is -2.57. The Hall–Kier alpha value is -0.350. The van der Waals surface area contributed by atoms with Crippen molar-refractivity contribution in [2.45, 2.75) is 32.5 Å². The smallest absolute Gasteiger partial charge is 0.239 e. The molecule has 0 aliphatic carbocycles. The minimum atomic E-state index is -0.840. The van der Waals surface area contributed by atoms with Crippen molar-refractivity contribution >= 4 is 18.3 Å². The standard InChI is InChI=1S/C9H17FN2O.ClH/c1-3-6(2)8(11)9(13)12-4-7(10)5-12;/h6-8H,3-5,11H2,1-2H3;1H/t6-,8-;/m0./s1. The van der Waals surface area contributed by atoms with Crippen LogP contribution in [0, 0.1) is 5.92 Å². The first-order chi connectivity index (χ1) is 6.06. The number of hydrogen-bond donors (Lipinski definition) is 1. The first-order valence-electron chi connectivity index (χ1n) is 4.74. The van der Waals surface area contributed by atoms with Gasteiger partial charge in [-0.1, -0.05) is 20.3 Å². The highest BCUT2D eigenvalue weighted by Crippen LogP contribution is 2.15. The van der Waals surface area contributed by atoms with E-state index in [2.05, 4.69) is 0 Å². The number of nitrogens with zero attached hydrogens (tertiary/aromatic N) is 1. The average molecular weight is 225 g/mol. The first kappa shape index (κ1) is 13.7. The van der Waals surface area contributed by atoms with Crippen molar-refractivity contribution in [1.82, 2.24) is 4.90 Å². The largest absolute Gasteiger partial charge is 0.335 e. The van der Waals surface area contributed by atoms with E-state index in [1.807, 2.05) is 13.8 Å². The van der Waals surface area contributed by atoms with E-state index in [0.29, 0.717) is 0 Å². The Morgan fingerprint density at radius 2 is 2.14 bits per heavy atom. The summed E-state index contributed by atoms with van der Waals surface area (Å²) in [4.78, 5) is 13.0.